The maximum absolute atomic E-state index is 14.4. The number of carbonyl (C=O) groups is 2. The van der Waals surface area contributed by atoms with Gasteiger partial charge in [0.1, 0.15) is 6.33 Å². The number of alkyl halides is 3. The molecule has 2 saturated heterocycles. The summed E-state index contributed by atoms with van der Waals surface area (Å²) in [5.74, 6) is -0.158. The zero-order valence-electron chi connectivity index (χ0n) is 22.4. The van der Waals surface area contributed by atoms with E-state index in [0.717, 1.165) is 24.5 Å². The van der Waals surface area contributed by atoms with Crippen LogP contribution < -0.4 is 5.32 Å². The molecule has 40 heavy (non-hydrogen) atoms. The van der Waals surface area contributed by atoms with E-state index in [9.17, 15) is 22.8 Å². The third-order valence-corrected chi connectivity index (χ3v) is 9.19. The minimum Gasteiger partial charge on any atom is -0.379 e. The largest absolute Gasteiger partial charge is 0.416 e. The molecule has 0 radical (unpaired) electrons. The average Bonchev–Trinajstić information content (AvgIpc) is 3.67. The van der Waals surface area contributed by atoms with Crippen molar-refractivity contribution in [3.63, 3.8) is 0 Å². The molecule has 6 rings (SSSR count). The smallest absolute Gasteiger partial charge is 0.379 e. The van der Waals surface area contributed by atoms with E-state index in [-0.39, 0.29) is 49.1 Å². The first kappa shape index (κ1) is 27.2. The Balaban J connectivity index is 1.25. The van der Waals surface area contributed by atoms with Gasteiger partial charge in [-0.05, 0) is 54.9 Å². The molecule has 5 unspecified atom stereocenters. The molecule has 9 nitrogen and oxygen atoms in total. The summed E-state index contributed by atoms with van der Waals surface area (Å²) >= 11 is 0. The zero-order valence-corrected chi connectivity index (χ0v) is 22.4. The first-order valence-electron chi connectivity index (χ1n) is 13.8. The second-order valence-electron chi connectivity index (χ2n) is 11.5. The monoisotopic (exact) mass is 561 g/mol. The first-order valence-corrected chi connectivity index (χ1v) is 13.8. The van der Waals surface area contributed by atoms with Crippen molar-refractivity contribution < 1.29 is 32.2 Å². The van der Waals surface area contributed by atoms with Gasteiger partial charge in [-0.2, -0.15) is 13.2 Å². The van der Waals surface area contributed by atoms with E-state index in [1.54, 1.807) is 23.1 Å². The van der Waals surface area contributed by atoms with Gasteiger partial charge in [-0.3, -0.25) is 9.36 Å². The van der Waals surface area contributed by atoms with Crippen LogP contribution in [0.4, 0.5) is 18.0 Å². The Labute approximate surface area is 230 Å². The lowest BCUT2D eigenvalue weighted by atomic mass is 9.78. The van der Waals surface area contributed by atoms with Crippen molar-refractivity contribution in [1.29, 1.82) is 0 Å². The van der Waals surface area contributed by atoms with Crippen LogP contribution in [0.25, 0.3) is 0 Å². The number of hydrogen-bond acceptors (Lipinski definition) is 6. The fraction of sp³-hybridized carbons (Fsp3) is 0.607. The Morgan fingerprint density at radius 2 is 2.08 bits per heavy atom. The summed E-state index contributed by atoms with van der Waals surface area (Å²) in [6, 6.07) is 3.72. The van der Waals surface area contributed by atoms with Crippen molar-refractivity contribution in [2.45, 2.75) is 56.6 Å². The van der Waals surface area contributed by atoms with Crippen molar-refractivity contribution in [2.75, 3.05) is 40.0 Å². The van der Waals surface area contributed by atoms with Gasteiger partial charge in [-0.1, -0.05) is 6.07 Å². The molecule has 216 valence electrons. The number of carbonyl (C=O) groups excluding carboxylic acids is 2. The first-order chi connectivity index (χ1) is 19.2. The summed E-state index contributed by atoms with van der Waals surface area (Å²) in [7, 11) is 1.67. The Hall–Kier alpha value is -2.96. The Morgan fingerprint density at radius 1 is 1.23 bits per heavy atom. The van der Waals surface area contributed by atoms with E-state index in [0.29, 0.717) is 44.7 Å². The van der Waals surface area contributed by atoms with Gasteiger partial charge in [0.2, 0.25) is 5.91 Å². The average molecular weight is 562 g/mol. The van der Waals surface area contributed by atoms with Gasteiger partial charge in [0.15, 0.2) is 0 Å². The molecule has 1 aromatic heterocycles. The molecule has 5 atom stereocenters. The summed E-state index contributed by atoms with van der Waals surface area (Å²) in [6.07, 6.45) is 2.61. The SMILES string of the molecule is COC1COCCC1NC1CC2CN(C(=O)n3ccnc3)CC2(C(=O)N2CCc3ccc(C(F)(F)F)cc3C2)C1. The van der Waals surface area contributed by atoms with Crippen LogP contribution in [-0.2, 0) is 33.4 Å². The number of aromatic nitrogens is 2. The highest BCUT2D eigenvalue weighted by Crippen LogP contribution is 2.51. The van der Waals surface area contributed by atoms with Crippen molar-refractivity contribution in [1.82, 2.24) is 24.7 Å². The molecule has 12 heteroatoms. The minimum atomic E-state index is -4.45. The number of ether oxygens (including phenoxy) is 2. The predicted octanol–water partition coefficient (Wildman–Crippen LogP) is 2.93. The van der Waals surface area contributed by atoms with Crippen LogP contribution in [0.3, 0.4) is 0 Å². The number of nitrogens with one attached hydrogen (secondary N) is 1. The van der Waals surface area contributed by atoms with Gasteiger partial charge < -0.3 is 24.6 Å². The van der Waals surface area contributed by atoms with E-state index in [4.69, 9.17) is 9.47 Å². The maximum Gasteiger partial charge on any atom is 0.416 e. The molecule has 2 amide bonds. The molecule has 4 aliphatic rings. The van der Waals surface area contributed by atoms with E-state index >= 15 is 0 Å². The lowest BCUT2D eigenvalue weighted by Crippen LogP contribution is -2.52. The molecule has 2 aromatic rings. The van der Waals surface area contributed by atoms with Crippen LogP contribution in [0.5, 0.6) is 0 Å². The lowest BCUT2D eigenvalue weighted by Gasteiger charge is -2.38. The maximum atomic E-state index is 14.4. The number of fused-ring (bicyclic) bond motifs is 2. The molecular weight excluding hydrogens is 527 g/mol. The summed E-state index contributed by atoms with van der Waals surface area (Å²) in [5.41, 5.74) is -0.153. The molecule has 0 bridgehead atoms. The third kappa shape index (κ3) is 4.90. The number of rotatable bonds is 4. The molecular formula is C28H34F3N5O4. The molecule has 4 heterocycles. The summed E-state index contributed by atoms with van der Waals surface area (Å²) in [4.78, 5) is 35.0. The number of amides is 2. The van der Waals surface area contributed by atoms with Crippen LogP contribution in [0.2, 0.25) is 0 Å². The van der Waals surface area contributed by atoms with Crippen molar-refractivity contribution in [2.24, 2.45) is 11.3 Å². The molecule has 1 aliphatic carbocycles. The summed E-state index contributed by atoms with van der Waals surface area (Å²) in [5, 5.41) is 3.72. The molecule has 1 aromatic carbocycles. The molecule has 1 N–H and O–H groups in total. The van der Waals surface area contributed by atoms with Gasteiger partial charge >= 0.3 is 12.2 Å². The van der Waals surface area contributed by atoms with E-state index in [1.807, 2.05) is 0 Å². The molecule has 3 aliphatic heterocycles. The van der Waals surface area contributed by atoms with Crippen LogP contribution >= 0.6 is 0 Å². The number of nitrogens with zero attached hydrogens (tertiary/aromatic N) is 4. The topological polar surface area (TPSA) is 88.9 Å². The zero-order chi connectivity index (χ0) is 28.1. The normalized spacial score (nSPS) is 30.3. The quantitative estimate of drug-likeness (QED) is 0.618. The fourth-order valence-corrected chi connectivity index (χ4v) is 7.17. The molecule has 1 saturated carbocycles. The van der Waals surface area contributed by atoms with Crippen LogP contribution in [0, 0.1) is 11.3 Å². The van der Waals surface area contributed by atoms with E-state index in [1.165, 1.54) is 29.2 Å². The number of hydrogen-bond donors (Lipinski definition) is 1. The Kier molecular flexibility index (Phi) is 7.12. The predicted molar refractivity (Wildman–Crippen MR) is 137 cm³/mol. The second kappa shape index (κ2) is 10.5. The summed E-state index contributed by atoms with van der Waals surface area (Å²) in [6.45, 7) is 2.41. The number of likely N-dealkylation sites (tertiary alicyclic amines) is 1. The van der Waals surface area contributed by atoms with Gasteiger partial charge in [0.05, 0.1) is 23.7 Å². The highest BCUT2D eigenvalue weighted by atomic mass is 19.4. The van der Waals surface area contributed by atoms with Crippen LogP contribution in [0.1, 0.15) is 36.0 Å². The molecule has 3 fully saturated rings. The van der Waals surface area contributed by atoms with Gasteiger partial charge in [0.25, 0.3) is 0 Å². The van der Waals surface area contributed by atoms with Crippen LogP contribution in [0.15, 0.2) is 36.9 Å². The van der Waals surface area contributed by atoms with Gasteiger partial charge in [-0.25, -0.2) is 9.78 Å². The Morgan fingerprint density at radius 3 is 2.83 bits per heavy atom. The number of benzene rings is 1. The van der Waals surface area contributed by atoms with Gasteiger partial charge in [-0.15, -0.1) is 0 Å². The summed E-state index contributed by atoms with van der Waals surface area (Å²) < 4.78 is 52.8. The Bertz CT molecular complexity index is 1260. The standard InChI is InChI=1S/C28H34F3N5O4/c1-39-24-15-40-9-5-23(24)33-22-11-21-14-36(26(38)35-8-6-32-17-35)16-27(21,12-22)25(37)34-7-4-18-2-3-20(28(29,30)31)10-19(18)13-34/h2-3,6,8,10,17,21-24,33H,4-5,7,9,11-16H2,1H3. The minimum absolute atomic E-state index is 0.0501. The number of methoxy groups -OCH3 is 1. The molecule has 0 spiro atoms. The van der Waals surface area contributed by atoms with Gasteiger partial charge in [0, 0.05) is 64.4 Å². The number of halogens is 3. The van der Waals surface area contributed by atoms with Crippen molar-refractivity contribution in [3.8, 4) is 0 Å². The van der Waals surface area contributed by atoms with Crippen molar-refractivity contribution >= 4 is 11.9 Å². The highest BCUT2D eigenvalue weighted by Gasteiger charge is 2.60. The van der Waals surface area contributed by atoms with E-state index < -0.39 is 17.2 Å². The van der Waals surface area contributed by atoms with Crippen LogP contribution in [-0.4, -0.2) is 89.4 Å². The number of imidazole rings is 1. The third-order valence-electron chi connectivity index (χ3n) is 9.19. The second-order valence-corrected chi connectivity index (χ2v) is 11.5. The highest BCUT2D eigenvalue weighted by molar-refractivity contribution is 5.87. The fourth-order valence-electron chi connectivity index (χ4n) is 7.17. The van der Waals surface area contributed by atoms with Crippen molar-refractivity contribution in [3.05, 3.63) is 53.6 Å². The lowest BCUT2D eigenvalue weighted by molar-refractivity contribution is -0.143. The van der Waals surface area contributed by atoms with E-state index in [2.05, 4.69) is 10.3 Å².